The van der Waals surface area contributed by atoms with E-state index in [9.17, 15) is 17.6 Å². The van der Waals surface area contributed by atoms with Crippen molar-refractivity contribution in [1.29, 1.82) is 5.26 Å². The van der Waals surface area contributed by atoms with E-state index in [2.05, 4.69) is 11.1 Å². The first kappa shape index (κ1) is 26.5. The Kier molecular flexibility index (Phi) is 8.05. The number of carbonyl (C=O) groups excluding carboxylic acids is 1. The maximum atomic E-state index is 13.4. The number of imidazole rings is 1. The average Bonchev–Trinajstić information content (AvgIpc) is 3.29. The normalized spacial score (nSPS) is 16.6. The number of carbonyl (C=O) groups is 1. The number of anilines is 1. The quantitative estimate of drug-likeness (QED) is 0.427. The van der Waals surface area contributed by atoms with Crippen LogP contribution in [0.3, 0.4) is 0 Å². The van der Waals surface area contributed by atoms with Gasteiger partial charge in [-0.2, -0.15) is 5.26 Å². The minimum Gasteiger partial charge on any atom is -0.329 e. The van der Waals surface area contributed by atoms with Crippen molar-refractivity contribution in [3.63, 3.8) is 0 Å². The Balaban J connectivity index is 1.56. The molecule has 1 aromatic heterocycles. The first-order chi connectivity index (χ1) is 17.6. The Morgan fingerprint density at radius 3 is 2.57 bits per heavy atom. The van der Waals surface area contributed by atoms with Crippen LogP contribution in [0.15, 0.2) is 55.0 Å². The van der Waals surface area contributed by atoms with Crippen molar-refractivity contribution in [2.45, 2.75) is 39.2 Å². The van der Waals surface area contributed by atoms with Crippen LogP contribution in [0.4, 0.5) is 10.1 Å². The number of aryl methyl sites for hydroxylation is 1. The Hall–Kier alpha value is -3.55. The molecular weight excluding hydrogens is 493 g/mol. The van der Waals surface area contributed by atoms with Gasteiger partial charge >= 0.3 is 0 Å². The number of benzene rings is 2. The zero-order valence-corrected chi connectivity index (χ0v) is 21.8. The van der Waals surface area contributed by atoms with Crippen LogP contribution in [0.1, 0.15) is 34.4 Å². The van der Waals surface area contributed by atoms with E-state index in [1.165, 1.54) is 6.26 Å². The van der Waals surface area contributed by atoms with Gasteiger partial charge < -0.3 is 9.47 Å². The summed E-state index contributed by atoms with van der Waals surface area (Å²) in [6.45, 7) is 2.64. The van der Waals surface area contributed by atoms with Gasteiger partial charge in [0.15, 0.2) is 0 Å². The van der Waals surface area contributed by atoms with E-state index in [-0.39, 0.29) is 24.2 Å². The molecule has 0 saturated carbocycles. The molecule has 1 aliphatic heterocycles. The Morgan fingerprint density at radius 1 is 1.14 bits per heavy atom. The summed E-state index contributed by atoms with van der Waals surface area (Å²) >= 11 is 0. The number of sulfone groups is 1. The molecule has 10 heteroatoms. The minimum atomic E-state index is -3.20. The number of hydrogen-bond acceptors (Lipinski definition) is 6. The summed E-state index contributed by atoms with van der Waals surface area (Å²) in [5.74, 6) is -0.117. The molecule has 4 rings (SSSR count). The van der Waals surface area contributed by atoms with Crippen LogP contribution >= 0.6 is 0 Å². The molecule has 0 spiro atoms. The summed E-state index contributed by atoms with van der Waals surface area (Å²) in [6.07, 6.45) is 5.06. The summed E-state index contributed by atoms with van der Waals surface area (Å²) < 4.78 is 39.3. The third kappa shape index (κ3) is 6.81. The standard InChI is InChI=1S/C27H30FN5O3S/c1-20-9-23(12-28)11-25(10-20)33-17-24(7-8-37(2,35)36)31(18-27(33)34)16-26-14-30-19-32(26)15-22-5-3-21(13-29)4-6-22/h3-6,9-11,14,19,24H,7-8,12,15-18H2,1-2H3/t24-/m0/s1. The molecule has 0 bridgehead atoms. The fourth-order valence-electron chi connectivity index (χ4n) is 4.66. The smallest absolute Gasteiger partial charge is 0.241 e. The topological polar surface area (TPSA) is 99.3 Å². The van der Waals surface area contributed by atoms with Gasteiger partial charge in [0.2, 0.25) is 5.91 Å². The summed E-state index contributed by atoms with van der Waals surface area (Å²) in [4.78, 5) is 21.2. The number of nitriles is 1. The van der Waals surface area contributed by atoms with Gasteiger partial charge in [-0.3, -0.25) is 9.69 Å². The molecule has 0 N–H and O–H groups in total. The van der Waals surface area contributed by atoms with E-state index in [0.29, 0.717) is 42.9 Å². The molecule has 2 aromatic carbocycles. The maximum absolute atomic E-state index is 13.4. The van der Waals surface area contributed by atoms with Gasteiger partial charge in [0, 0.05) is 43.8 Å². The van der Waals surface area contributed by atoms with Gasteiger partial charge in [-0.1, -0.05) is 18.2 Å². The lowest BCUT2D eigenvalue weighted by molar-refractivity contribution is -0.122. The van der Waals surface area contributed by atoms with Crippen LogP contribution in [-0.2, 0) is 34.4 Å². The van der Waals surface area contributed by atoms with E-state index in [1.54, 1.807) is 41.7 Å². The van der Waals surface area contributed by atoms with Crippen LogP contribution in [0.5, 0.6) is 0 Å². The first-order valence-electron chi connectivity index (χ1n) is 12.0. The number of hydrogen-bond donors (Lipinski definition) is 0. The zero-order chi connectivity index (χ0) is 26.6. The number of piperazine rings is 1. The van der Waals surface area contributed by atoms with Crippen molar-refractivity contribution < 1.29 is 17.6 Å². The Morgan fingerprint density at radius 2 is 1.89 bits per heavy atom. The van der Waals surface area contributed by atoms with Crippen molar-refractivity contribution in [3.05, 3.63) is 82.9 Å². The molecule has 0 radical (unpaired) electrons. The number of halogens is 1. The van der Waals surface area contributed by atoms with Gasteiger partial charge in [0.25, 0.3) is 0 Å². The van der Waals surface area contributed by atoms with Crippen molar-refractivity contribution in [2.75, 3.05) is 30.0 Å². The van der Waals surface area contributed by atoms with Crippen LogP contribution < -0.4 is 4.90 Å². The molecular formula is C27H30FN5O3S. The summed E-state index contributed by atoms with van der Waals surface area (Å²) in [7, 11) is -3.20. The van der Waals surface area contributed by atoms with Crippen molar-refractivity contribution in [1.82, 2.24) is 14.5 Å². The molecule has 1 amide bonds. The average molecular weight is 524 g/mol. The van der Waals surface area contributed by atoms with E-state index < -0.39 is 16.5 Å². The SMILES string of the molecule is Cc1cc(CF)cc(N2C[C@H](CCS(C)(=O)=O)N(Cc3cncn3Cc3ccc(C#N)cc3)CC2=O)c1. The molecule has 1 aliphatic rings. The maximum Gasteiger partial charge on any atom is 0.241 e. The minimum absolute atomic E-state index is 0.00421. The highest BCUT2D eigenvalue weighted by atomic mass is 32.2. The Bertz CT molecular complexity index is 1410. The second-order valence-electron chi connectivity index (χ2n) is 9.61. The highest BCUT2D eigenvalue weighted by molar-refractivity contribution is 7.90. The lowest BCUT2D eigenvalue weighted by Crippen LogP contribution is -2.56. The van der Waals surface area contributed by atoms with Gasteiger partial charge in [-0.15, -0.1) is 0 Å². The first-order valence-corrected chi connectivity index (χ1v) is 14.1. The van der Waals surface area contributed by atoms with Gasteiger partial charge in [0.05, 0.1) is 36.0 Å². The molecule has 37 heavy (non-hydrogen) atoms. The van der Waals surface area contributed by atoms with Crippen molar-refractivity contribution in [2.24, 2.45) is 0 Å². The summed E-state index contributed by atoms with van der Waals surface area (Å²) in [5, 5.41) is 9.03. The Labute approximate surface area is 216 Å². The zero-order valence-electron chi connectivity index (χ0n) is 21.0. The van der Waals surface area contributed by atoms with E-state index >= 15 is 0 Å². The highest BCUT2D eigenvalue weighted by Gasteiger charge is 2.34. The predicted octanol–water partition coefficient (Wildman–Crippen LogP) is 3.23. The number of nitrogens with zero attached hydrogens (tertiary/aromatic N) is 5. The third-order valence-electron chi connectivity index (χ3n) is 6.56. The number of alkyl halides is 1. The van der Waals surface area contributed by atoms with E-state index in [1.807, 2.05) is 34.6 Å². The van der Waals surface area contributed by atoms with Gasteiger partial charge in [-0.05, 0) is 54.3 Å². The van der Waals surface area contributed by atoms with Crippen LogP contribution in [0, 0.1) is 18.3 Å². The van der Waals surface area contributed by atoms with Crippen molar-refractivity contribution in [3.8, 4) is 6.07 Å². The van der Waals surface area contributed by atoms with E-state index in [0.717, 1.165) is 16.8 Å². The predicted molar refractivity (Wildman–Crippen MR) is 139 cm³/mol. The van der Waals surface area contributed by atoms with Gasteiger partial charge in [-0.25, -0.2) is 17.8 Å². The number of aromatic nitrogens is 2. The second-order valence-corrected chi connectivity index (χ2v) is 11.9. The molecule has 3 aromatic rings. The molecule has 194 valence electrons. The number of amides is 1. The molecule has 1 atom stereocenters. The molecule has 1 saturated heterocycles. The number of rotatable bonds is 9. The second kappa shape index (κ2) is 11.2. The fourth-order valence-corrected chi connectivity index (χ4v) is 5.36. The monoisotopic (exact) mass is 523 g/mol. The largest absolute Gasteiger partial charge is 0.329 e. The molecule has 1 fully saturated rings. The molecule has 8 nitrogen and oxygen atoms in total. The van der Waals surface area contributed by atoms with E-state index in [4.69, 9.17) is 5.26 Å². The van der Waals surface area contributed by atoms with Crippen molar-refractivity contribution >= 4 is 21.4 Å². The fraction of sp³-hybridized carbons (Fsp3) is 0.370. The summed E-state index contributed by atoms with van der Waals surface area (Å²) in [6, 6.07) is 14.5. The molecule has 0 unspecified atom stereocenters. The highest BCUT2D eigenvalue weighted by Crippen LogP contribution is 2.26. The molecule has 0 aliphatic carbocycles. The lowest BCUT2D eigenvalue weighted by Gasteiger charge is -2.41. The van der Waals surface area contributed by atoms with Crippen LogP contribution in [0.2, 0.25) is 0 Å². The summed E-state index contributed by atoms with van der Waals surface area (Å²) in [5.41, 5.74) is 4.49. The third-order valence-corrected chi connectivity index (χ3v) is 7.54. The van der Waals surface area contributed by atoms with Crippen LogP contribution in [-0.4, -0.2) is 59.9 Å². The molecule has 2 heterocycles. The lowest BCUT2D eigenvalue weighted by atomic mass is 10.1. The van der Waals surface area contributed by atoms with Gasteiger partial charge in [0.1, 0.15) is 16.5 Å². The van der Waals surface area contributed by atoms with Crippen LogP contribution in [0.25, 0.3) is 0 Å².